The van der Waals surface area contributed by atoms with Crippen LogP contribution in [0.25, 0.3) is 0 Å². The largest absolute Gasteiger partial charge is 0.411 e. The summed E-state index contributed by atoms with van der Waals surface area (Å²) in [6.45, 7) is 15.1. The van der Waals surface area contributed by atoms with E-state index in [1.807, 2.05) is 13.8 Å². The molecule has 1 unspecified atom stereocenters. The van der Waals surface area contributed by atoms with Gasteiger partial charge in [0.2, 0.25) is 0 Å². The van der Waals surface area contributed by atoms with Crippen molar-refractivity contribution >= 4 is 30.0 Å². The van der Waals surface area contributed by atoms with Gasteiger partial charge in [0.05, 0.1) is 28.2 Å². The molecule has 1 N–H and O–H groups in total. The molecule has 12 heteroatoms. The molecule has 2 aromatic rings. The number of hydrogen-bond donors (Lipinski definition) is 1. The molecule has 0 radical (unpaired) electrons. The lowest BCUT2D eigenvalue weighted by Crippen LogP contribution is -2.52. The van der Waals surface area contributed by atoms with Gasteiger partial charge >= 0.3 is 0 Å². The first-order valence-electron chi connectivity index (χ1n) is 14.9. The molecule has 234 valence electrons. The quantitative estimate of drug-likeness (QED) is 0.369. The highest BCUT2D eigenvalue weighted by Gasteiger charge is 2.47. The number of hydrogen-bond acceptors (Lipinski definition) is 7. The Kier molecular flexibility index (Phi) is 9.04. The molecule has 10 nitrogen and oxygen atoms in total. The van der Waals surface area contributed by atoms with Crippen molar-refractivity contribution in [2.45, 2.75) is 89.4 Å². The van der Waals surface area contributed by atoms with E-state index in [1.165, 1.54) is 4.68 Å². The normalized spacial score (nSPS) is 16.9. The molecule has 0 spiro atoms. The third kappa shape index (κ3) is 7.38. The zero-order valence-electron chi connectivity index (χ0n) is 26.7. The van der Waals surface area contributed by atoms with Gasteiger partial charge in [-0.25, -0.2) is 8.42 Å². The molecule has 0 bridgehead atoms. The summed E-state index contributed by atoms with van der Waals surface area (Å²) >= 11 is 0. The van der Waals surface area contributed by atoms with Gasteiger partial charge in [-0.3, -0.25) is 14.3 Å². The summed E-state index contributed by atoms with van der Waals surface area (Å²) in [5.74, 6) is -0.765. The molecule has 1 aliphatic carbocycles. The van der Waals surface area contributed by atoms with Gasteiger partial charge in [-0.15, -0.1) is 0 Å². The summed E-state index contributed by atoms with van der Waals surface area (Å²) in [7, 11) is -4.17. The number of nitrogens with one attached hydrogen (secondary N) is 1. The Bertz CT molecular complexity index is 1530. The average molecular weight is 628 g/mol. The van der Waals surface area contributed by atoms with Gasteiger partial charge in [0.1, 0.15) is 5.69 Å². The van der Waals surface area contributed by atoms with E-state index < -0.39 is 29.0 Å². The average Bonchev–Trinajstić information content (AvgIpc) is 3.66. The highest BCUT2D eigenvalue weighted by atomic mass is 32.2. The Balaban J connectivity index is 1.47. The van der Waals surface area contributed by atoms with Gasteiger partial charge in [-0.2, -0.15) is 10.4 Å². The molecule has 2 heterocycles. The molecule has 2 aliphatic rings. The fourth-order valence-corrected chi connectivity index (χ4v) is 9.97. The number of amides is 2. The molecule has 4 rings (SSSR count). The Hall–Kier alpha value is -3.01. The van der Waals surface area contributed by atoms with Crippen molar-refractivity contribution < 1.29 is 22.4 Å². The number of nitrogens with zero attached hydrogens (tertiary/aromatic N) is 4. The number of fused-ring (bicyclic) bond motifs is 1. The van der Waals surface area contributed by atoms with E-state index in [2.05, 4.69) is 50.3 Å². The Morgan fingerprint density at radius 1 is 1.19 bits per heavy atom. The van der Waals surface area contributed by atoms with Crippen LogP contribution in [0.3, 0.4) is 0 Å². The molecule has 0 saturated heterocycles. The summed E-state index contributed by atoms with van der Waals surface area (Å²) in [4.78, 5) is 28.4. The summed E-state index contributed by atoms with van der Waals surface area (Å²) in [5.41, 5.74) is 1.63. The minimum absolute atomic E-state index is 0.0259. The van der Waals surface area contributed by atoms with Crippen LogP contribution in [0.5, 0.6) is 0 Å². The van der Waals surface area contributed by atoms with Crippen molar-refractivity contribution in [2.24, 2.45) is 13.0 Å². The monoisotopic (exact) mass is 627 g/mol. The van der Waals surface area contributed by atoms with Crippen LogP contribution in [0.4, 0.5) is 0 Å². The minimum Gasteiger partial charge on any atom is -0.411 e. The lowest BCUT2D eigenvalue weighted by atomic mass is 10.0. The summed E-state index contributed by atoms with van der Waals surface area (Å²) < 4.78 is 35.7. The topological polar surface area (TPSA) is 134 Å². The first-order chi connectivity index (χ1) is 19.8. The van der Waals surface area contributed by atoms with Crippen molar-refractivity contribution in [2.75, 3.05) is 18.8 Å². The van der Waals surface area contributed by atoms with E-state index in [0.717, 1.165) is 18.4 Å². The zero-order chi connectivity index (χ0) is 32.0. The number of aromatic nitrogens is 2. The predicted octanol–water partition coefficient (Wildman–Crippen LogP) is 4.21. The first kappa shape index (κ1) is 32.9. The van der Waals surface area contributed by atoms with Gasteiger partial charge in [-0.1, -0.05) is 32.9 Å². The number of sulfone groups is 1. The standard InChI is InChI=1S/C31H45N5O5SSi/c1-30(2,3)43(7,8)41-31(4,5)20-42(39,40)25(23-13-14-23)19-36-16-15-24-26(34-35(6)27(24)29(36)38)28(37)33-18-22-11-9-21(17-32)10-12-22/h9-12,23,25H,13-16,18-20H2,1-8H3,(H,33,37). The molecule has 1 aromatic carbocycles. The smallest absolute Gasteiger partial charge is 0.272 e. The van der Waals surface area contributed by atoms with Gasteiger partial charge in [0.15, 0.2) is 23.8 Å². The van der Waals surface area contributed by atoms with Crippen molar-refractivity contribution in [3.8, 4) is 6.07 Å². The van der Waals surface area contributed by atoms with E-state index in [0.29, 0.717) is 29.8 Å². The van der Waals surface area contributed by atoms with Crippen LogP contribution in [-0.4, -0.2) is 72.9 Å². The van der Waals surface area contributed by atoms with Crippen LogP contribution in [0.2, 0.25) is 18.1 Å². The maximum absolute atomic E-state index is 13.9. The fraction of sp³-hybridized carbons (Fsp3) is 0.613. The lowest BCUT2D eigenvalue weighted by molar-refractivity contribution is 0.0725. The molecule has 1 atom stereocenters. The molecule has 2 amide bonds. The summed E-state index contributed by atoms with van der Waals surface area (Å²) in [6.07, 6.45) is 2.07. The highest BCUT2D eigenvalue weighted by molar-refractivity contribution is 7.92. The first-order valence-corrected chi connectivity index (χ1v) is 19.5. The van der Waals surface area contributed by atoms with Crippen LogP contribution in [0, 0.1) is 17.2 Å². The third-order valence-electron chi connectivity index (χ3n) is 8.91. The second kappa shape index (κ2) is 11.8. The number of benzene rings is 1. The highest BCUT2D eigenvalue weighted by Crippen LogP contribution is 2.41. The van der Waals surface area contributed by atoms with Gasteiger partial charge in [0, 0.05) is 32.2 Å². The molecule has 1 fully saturated rings. The molecule has 1 aliphatic heterocycles. The second-order valence-corrected chi connectivity index (χ2v) is 21.0. The van der Waals surface area contributed by atoms with Gasteiger partial charge < -0.3 is 14.6 Å². The van der Waals surface area contributed by atoms with Crippen LogP contribution in [0.1, 0.15) is 85.1 Å². The number of carbonyl (C=O) groups is 2. The predicted molar refractivity (Wildman–Crippen MR) is 168 cm³/mol. The second-order valence-electron chi connectivity index (χ2n) is 14.1. The zero-order valence-corrected chi connectivity index (χ0v) is 28.5. The van der Waals surface area contributed by atoms with E-state index in [4.69, 9.17) is 9.69 Å². The summed E-state index contributed by atoms with van der Waals surface area (Å²) in [5, 5.41) is 15.5. The number of rotatable bonds is 11. The molecular weight excluding hydrogens is 583 g/mol. The van der Waals surface area contributed by atoms with E-state index in [-0.39, 0.29) is 47.3 Å². The van der Waals surface area contributed by atoms with E-state index in [1.54, 1.807) is 36.2 Å². The summed E-state index contributed by atoms with van der Waals surface area (Å²) in [6, 6.07) is 9.00. The van der Waals surface area contributed by atoms with Gasteiger partial charge in [-0.05, 0) is 74.9 Å². The van der Waals surface area contributed by atoms with Gasteiger partial charge in [0.25, 0.3) is 11.8 Å². The molecule has 43 heavy (non-hydrogen) atoms. The Labute approximate surface area is 256 Å². The lowest BCUT2D eigenvalue weighted by Gasteiger charge is -2.43. The maximum Gasteiger partial charge on any atom is 0.272 e. The number of carbonyl (C=O) groups excluding carboxylic acids is 2. The van der Waals surface area contributed by atoms with Crippen LogP contribution in [-0.2, 0) is 34.3 Å². The van der Waals surface area contributed by atoms with Crippen LogP contribution < -0.4 is 5.32 Å². The van der Waals surface area contributed by atoms with Crippen molar-refractivity contribution in [3.63, 3.8) is 0 Å². The van der Waals surface area contributed by atoms with Crippen molar-refractivity contribution in [1.82, 2.24) is 20.0 Å². The molecular formula is C31H45N5O5SSi. The molecule has 1 aromatic heterocycles. The van der Waals surface area contributed by atoms with Crippen LogP contribution >= 0.6 is 0 Å². The Morgan fingerprint density at radius 2 is 1.81 bits per heavy atom. The third-order valence-corrected chi connectivity index (χ3v) is 16.1. The van der Waals surface area contributed by atoms with E-state index in [9.17, 15) is 18.0 Å². The minimum atomic E-state index is -3.59. The molecule has 1 saturated carbocycles. The van der Waals surface area contributed by atoms with Crippen molar-refractivity contribution in [3.05, 3.63) is 52.3 Å². The SMILES string of the molecule is Cn1nc(C(=O)NCc2ccc(C#N)cc2)c2c1C(=O)N(CC(C1CC1)S(=O)(=O)CC(C)(C)O[Si](C)(C)C(C)(C)C)CC2. The fourth-order valence-electron chi connectivity index (χ4n) is 5.60. The van der Waals surface area contributed by atoms with Crippen molar-refractivity contribution in [1.29, 1.82) is 5.26 Å². The van der Waals surface area contributed by atoms with Crippen LogP contribution in [0.15, 0.2) is 24.3 Å². The maximum atomic E-state index is 13.9. The Morgan fingerprint density at radius 3 is 2.37 bits per heavy atom. The number of aryl methyl sites for hydroxylation is 1. The number of nitriles is 1. The van der Waals surface area contributed by atoms with E-state index >= 15 is 0 Å².